The molecule has 35 heavy (non-hydrogen) atoms. The van der Waals surface area contributed by atoms with E-state index in [9.17, 15) is 9.90 Å². The zero-order valence-electron chi connectivity index (χ0n) is 20.2. The van der Waals surface area contributed by atoms with E-state index >= 15 is 0 Å². The third-order valence-corrected chi connectivity index (χ3v) is 5.75. The van der Waals surface area contributed by atoms with Crippen molar-refractivity contribution in [2.45, 2.75) is 46.8 Å². The summed E-state index contributed by atoms with van der Waals surface area (Å²) in [5.74, 6) is 0.588. The van der Waals surface area contributed by atoms with Gasteiger partial charge in [0.1, 0.15) is 23.0 Å². The first-order valence-electron chi connectivity index (χ1n) is 11.0. The normalized spacial score (nSPS) is 11.5. The van der Waals surface area contributed by atoms with Gasteiger partial charge in [0.05, 0.1) is 17.1 Å². The summed E-state index contributed by atoms with van der Waals surface area (Å²) >= 11 is 6.46. The third kappa shape index (κ3) is 5.23. The fourth-order valence-electron chi connectivity index (χ4n) is 3.63. The first kappa shape index (κ1) is 24.5. The number of ether oxygens (including phenoxy) is 1. The number of aryl methyl sites for hydroxylation is 3. The number of pyridine rings is 3. The van der Waals surface area contributed by atoms with Gasteiger partial charge in [0, 0.05) is 42.1 Å². The second-order valence-electron chi connectivity index (χ2n) is 8.94. The van der Waals surface area contributed by atoms with Crippen LogP contribution in [0.1, 0.15) is 42.1 Å². The van der Waals surface area contributed by atoms with Crippen molar-refractivity contribution in [2.75, 3.05) is 0 Å². The summed E-state index contributed by atoms with van der Waals surface area (Å²) in [5, 5.41) is 10.3. The van der Waals surface area contributed by atoms with Crippen LogP contribution < -0.4 is 10.3 Å². The number of hydrogen-bond acceptors (Lipinski definition) is 7. The van der Waals surface area contributed by atoms with Crippen molar-refractivity contribution in [1.29, 1.82) is 0 Å². The van der Waals surface area contributed by atoms with Crippen molar-refractivity contribution < 1.29 is 9.84 Å². The first-order chi connectivity index (χ1) is 16.5. The predicted octanol–water partition coefficient (Wildman–Crippen LogP) is 4.47. The molecule has 0 atom stereocenters. The molecule has 0 radical (unpaired) electrons. The maximum Gasteiger partial charge on any atom is 0.277 e. The Hall–Kier alpha value is -3.62. The highest BCUT2D eigenvalue weighted by atomic mass is 35.5. The van der Waals surface area contributed by atoms with Gasteiger partial charge in [-0.05, 0) is 63.9 Å². The van der Waals surface area contributed by atoms with Crippen molar-refractivity contribution in [3.8, 4) is 22.8 Å². The molecule has 8 nitrogen and oxygen atoms in total. The third-order valence-electron chi connectivity index (χ3n) is 5.41. The molecule has 1 N–H and O–H groups in total. The van der Waals surface area contributed by atoms with Gasteiger partial charge >= 0.3 is 0 Å². The zero-order valence-corrected chi connectivity index (χ0v) is 21.0. The van der Waals surface area contributed by atoms with Crippen LogP contribution in [0.5, 0.6) is 5.75 Å². The molecule has 0 aliphatic heterocycles. The summed E-state index contributed by atoms with van der Waals surface area (Å²) in [4.78, 5) is 30.6. The van der Waals surface area contributed by atoms with E-state index in [1.165, 1.54) is 4.57 Å². The van der Waals surface area contributed by atoms with E-state index in [0.717, 1.165) is 16.7 Å². The predicted molar refractivity (Wildman–Crippen MR) is 134 cm³/mol. The minimum absolute atomic E-state index is 0.0136. The van der Waals surface area contributed by atoms with Gasteiger partial charge in [-0.15, -0.1) is 0 Å². The molecule has 0 bridgehead atoms. The van der Waals surface area contributed by atoms with E-state index in [1.54, 1.807) is 56.8 Å². The van der Waals surface area contributed by atoms with Gasteiger partial charge in [-0.1, -0.05) is 11.6 Å². The van der Waals surface area contributed by atoms with E-state index in [0.29, 0.717) is 28.5 Å². The fraction of sp³-hybridized carbons (Fsp3) is 0.269. The van der Waals surface area contributed by atoms with Gasteiger partial charge in [0.25, 0.3) is 5.56 Å². The van der Waals surface area contributed by atoms with Crippen molar-refractivity contribution in [2.24, 2.45) is 0 Å². The summed E-state index contributed by atoms with van der Waals surface area (Å²) in [6.45, 7) is 9.10. The van der Waals surface area contributed by atoms with Gasteiger partial charge in [-0.25, -0.2) is 9.97 Å². The average molecular weight is 492 g/mol. The minimum atomic E-state index is -1.20. The number of halogens is 1. The molecule has 0 amide bonds. The lowest BCUT2D eigenvalue weighted by molar-refractivity contribution is 0.0688. The molecule has 0 aliphatic rings. The first-order valence-corrected chi connectivity index (χ1v) is 11.4. The van der Waals surface area contributed by atoms with Crippen LogP contribution in [0.15, 0.2) is 53.8 Å². The molecule has 0 fully saturated rings. The Morgan fingerprint density at radius 3 is 2.54 bits per heavy atom. The molecule has 0 aliphatic carbocycles. The number of aromatic nitrogens is 5. The van der Waals surface area contributed by atoms with Crippen molar-refractivity contribution >= 4 is 11.6 Å². The number of nitrogens with zero attached hydrogens (tertiary/aromatic N) is 5. The lowest BCUT2D eigenvalue weighted by Gasteiger charge is -2.18. The van der Waals surface area contributed by atoms with Crippen LogP contribution in [0, 0.1) is 20.8 Å². The van der Waals surface area contributed by atoms with E-state index in [2.05, 4.69) is 19.9 Å². The Morgan fingerprint density at radius 1 is 1.06 bits per heavy atom. The summed E-state index contributed by atoms with van der Waals surface area (Å²) in [6, 6.07) is 7.18. The van der Waals surface area contributed by atoms with Crippen LogP contribution in [0.3, 0.4) is 0 Å². The SMILES string of the molecule is Cc1cncc(COc2cc(C)n(-c3cc(-c4ccnc(C(C)(C)O)n4)ncc3C)c(=O)c2Cl)c1. The lowest BCUT2D eigenvalue weighted by Crippen LogP contribution is -2.23. The van der Waals surface area contributed by atoms with E-state index in [1.807, 2.05) is 26.8 Å². The Labute approximate surface area is 208 Å². The maximum atomic E-state index is 13.3. The summed E-state index contributed by atoms with van der Waals surface area (Å²) in [6.07, 6.45) is 6.72. The monoisotopic (exact) mass is 491 g/mol. The van der Waals surface area contributed by atoms with Crippen LogP contribution in [0.4, 0.5) is 0 Å². The van der Waals surface area contributed by atoms with Crippen molar-refractivity contribution in [3.05, 3.63) is 92.6 Å². The molecule has 4 heterocycles. The van der Waals surface area contributed by atoms with E-state index < -0.39 is 11.2 Å². The summed E-state index contributed by atoms with van der Waals surface area (Å²) in [5.41, 5.74) is 3.42. The van der Waals surface area contributed by atoms with Gasteiger partial charge in [0.2, 0.25) is 0 Å². The number of aliphatic hydroxyl groups is 1. The van der Waals surface area contributed by atoms with Crippen molar-refractivity contribution in [3.63, 3.8) is 0 Å². The van der Waals surface area contributed by atoms with Crippen LogP contribution in [0.25, 0.3) is 17.1 Å². The summed E-state index contributed by atoms with van der Waals surface area (Å²) < 4.78 is 7.39. The molecular weight excluding hydrogens is 466 g/mol. The Kier molecular flexibility index (Phi) is 6.69. The highest BCUT2D eigenvalue weighted by Gasteiger charge is 2.21. The quantitative estimate of drug-likeness (QED) is 0.424. The average Bonchev–Trinajstić information content (AvgIpc) is 2.81. The van der Waals surface area contributed by atoms with Gasteiger partial charge in [-0.2, -0.15) is 0 Å². The molecule has 4 rings (SSSR count). The zero-order chi connectivity index (χ0) is 25.3. The van der Waals surface area contributed by atoms with Crippen LogP contribution >= 0.6 is 11.6 Å². The molecule has 0 aromatic carbocycles. The molecule has 9 heteroatoms. The molecule has 180 valence electrons. The molecule has 0 unspecified atom stereocenters. The second kappa shape index (κ2) is 9.56. The summed E-state index contributed by atoms with van der Waals surface area (Å²) in [7, 11) is 0. The standard InChI is InChI=1S/C26H26ClN5O3/c1-15-8-18(13-28-11-15)14-35-22-9-17(3)32(24(33)23(22)27)21-10-20(30-12-16(21)2)19-6-7-29-25(31-19)26(4,5)34/h6-13,34H,14H2,1-5H3. The highest BCUT2D eigenvalue weighted by Crippen LogP contribution is 2.27. The molecule has 0 spiro atoms. The largest absolute Gasteiger partial charge is 0.487 e. The molecule has 0 saturated heterocycles. The van der Waals surface area contributed by atoms with Gasteiger partial charge in [-0.3, -0.25) is 19.3 Å². The molecular formula is C26H26ClN5O3. The number of hydrogen-bond donors (Lipinski definition) is 1. The Bertz CT molecular complexity index is 1460. The van der Waals surface area contributed by atoms with Crippen LogP contribution in [-0.2, 0) is 12.2 Å². The van der Waals surface area contributed by atoms with Crippen molar-refractivity contribution in [1.82, 2.24) is 24.5 Å². The second-order valence-corrected chi connectivity index (χ2v) is 9.32. The van der Waals surface area contributed by atoms with Gasteiger partial charge < -0.3 is 9.84 Å². The van der Waals surface area contributed by atoms with Crippen LogP contribution in [-0.4, -0.2) is 29.6 Å². The van der Waals surface area contributed by atoms with E-state index in [-0.39, 0.29) is 17.5 Å². The fourth-order valence-corrected chi connectivity index (χ4v) is 3.83. The van der Waals surface area contributed by atoms with Gasteiger partial charge in [0.15, 0.2) is 5.82 Å². The maximum absolute atomic E-state index is 13.3. The Morgan fingerprint density at radius 2 is 1.83 bits per heavy atom. The number of rotatable bonds is 6. The topological polar surface area (TPSA) is 103 Å². The van der Waals surface area contributed by atoms with E-state index in [4.69, 9.17) is 16.3 Å². The Balaban J connectivity index is 1.72. The lowest BCUT2D eigenvalue weighted by atomic mass is 10.1. The molecule has 4 aromatic heterocycles. The highest BCUT2D eigenvalue weighted by molar-refractivity contribution is 6.31. The smallest absolute Gasteiger partial charge is 0.277 e. The minimum Gasteiger partial charge on any atom is -0.487 e. The molecule has 4 aromatic rings. The van der Waals surface area contributed by atoms with Crippen LogP contribution in [0.2, 0.25) is 5.02 Å². The molecule has 0 saturated carbocycles.